The zero-order chi connectivity index (χ0) is 14.0. The minimum Gasteiger partial charge on any atom is -0.439 e. The van der Waals surface area contributed by atoms with E-state index in [1.54, 1.807) is 25.1 Å². The van der Waals surface area contributed by atoms with Gasteiger partial charge in [-0.15, -0.1) is 0 Å². The van der Waals surface area contributed by atoms with Gasteiger partial charge in [-0.05, 0) is 47.1 Å². The van der Waals surface area contributed by atoms with E-state index in [2.05, 4.69) is 25.9 Å². The smallest absolute Gasteiger partial charge is 0.223 e. The predicted octanol–water partition coefficient (Wildman–Crippen LogP) is 2.74. The van der Waals surface area contributed by atoms with Crippen LogP contribution in [-0.4, -0.2) is 24.6 Å². The zero-order valence-electron chi connectivity index (χ0n) is 10.3. The zero-order valence-corrected chi connectivity index (χ0v) is 12.7. The summed E-state index contributed by atoms with van der Waals surface area (Å²) in [6.45, 7) is 1.75. The van der Waals surface area contributed by atoms with Gasteiger partial charge in [0.25, 0.3) is 0 Å². The van der Waals surface area contributed by atoms with Crippen LogP contribution in [0.3, 0.4) is 0 Å². The van der Waals surface area contributed by atoms with Crippen LogP contribution >= 0.6 is 15.9 Å². The number of hydrogen-bond donors (Lipinski definition) is 0. The van der Waals surface area contributed by atoms with Gasteiger partial charge in [-0.3, -0.25) is 0 Å². The number of aryl methyl sites for hydroxylation is 1. The number of benzene rings is 1. The summed E-state index contributed by atoms with van der Waals surface area (Å²) in [5.74, 6) is 1.49. The molecule has 0 saturated carbocycles. The third-order valence-electron chi connectivity index (χ3n) is 2.26. The van der Waals surface area contributed by atoms with Crippen molar-refractivity contribution in [2.75, 3.05) is 6.26 Å². The molecule has 0 aliphatic rings. The molecule has 100 valence electrons. The molecule has 1 aromatic carbocycles. The fourth-order valence-corrected chi connectivity index (χ4v) is 2.52. The van der Waals surface area contributed by atoms with E-state index in [1.807, 2.05) is 0 Å². The van der Waals surface area contributed by atoms with Gasteiger partial charge in [0.2, 0.25) is 5.88 Å². The SMILES string of the molecule is Cc1nc(Br)cc(Oc2ccc(S(C)(=O)=O)cc2)n1. The van der Waals surface area contributed by atoms with Crippen molar-refractivity contribution in [3.05, 3.63) is 40.8 Å². The van der Waals surface area contributed by atoms with Gasteiger partial charge >= 0.3 is 0 Å². The van der Waals surface area contributed by atoms with Gasteiger partial charge < -0.3 is 4.74 Å². The molecule has 19 heavy (non-hydrogen) atoms. The number of hydrogen-bond acceptors (Lipinski definition) is 5. The van der Waals surface area contributed by atoms with Gasteiger partial charge in [-0.2, -0.15) is 4.98 Å². The van der Waals surface area contributed by atoms with Gasteiger partial charge in [0.05, 0.1) is 4.90 Å². The lowest BCUT2D eigenvalue weighted by Gasteiger charge is -2.06. The van der Waals surface area contributed by atoms with E-state index >= 15 is 0 Å². The Labute approximate surface area is 119 Å². The molecule has 2 aromatic rings. The van der Waals surface area contributed by atoms with Crippen molar-refractivity contribution in [3.63, 3.8) is 0 Å². The second-order valence-electron chi connectivity index (χ2n) is 3.92. The highest BCUT2D eigenvalue weighted by molar-refractivity contribution is 9.10. The fraction of sp³-hybridized carbons (Fsp3) is 0.167. The van der Waals surface area contributed by atoms with E-state index in [9.17, 15) is 8.42 Å². The molecule has 0 amide bonds. The summed E-state index contributed by atoms with van der Waals surface area (Å²) in [4.78, 5) is 8.44. The first-order chi connectivity index (χ1) is 8.84. The van der Waals surface area contributed by atoms with E-state index in [0.717, 1.165) is 6.26 Å². The van der Waals surface area contributed by atoms with Crippen molar-refractivity contribution in [2.24, 2.45) is 0 Å². The first-order valence-electron chi connectivity index (χ1n) is 5.34. The highest BCUT2D eigenvalue weighted by Crippen LogP contribution is 2.23. The number of nitrogens with zero attached hydrogens (tertiary/aromatic N) is 2. The minimum atomic E-state index is -3.19. The second-order valence-corrected chi connectivity index (χ2v) is 6.75. The molecule has 0 aliphatic carbocycles. The van der Waals surface area contributed by atoms with Crippen LogP contribution in [0.1, 0.15) is 5.82 Å². The lowest BCUT2D eigenvalue weighted by molar-refractivity contribution is 0.458. The van der Waals surface area contributed by atoms with E-state index in [4.69, 9.17) is 4.74 Å². The van der Waals surface area contributed by atoms with Crippen molar-refractivity contribution in [1.29, 1.82) is 0 Å². The highest BCUT2D eigenvalue weighted by atomic mass is 79.9. The molecule has 0 unspecified atom stereocenters. The predicted molar refractivity (Wildman–Crippen MR) is 74.1 cm³/mol. The molecule has 0 radical (unpaired) electrons. The highest BCUT2D eigenvalue weighted by Gasteiger charge is 2.07. The van der Waals surface area contributed by atoms with Gasteiger partial charge in [0.1, 0.15) is 16.2 Å². The summed E-state index contributed by atoms with van der Waals surface area (Å²) < 4.78 is 28.8. The van der Waals surface area contributed by atoms with Crippen molar-refractivity contribution in [2.45, 2.75) is 11.8 Å². The molecule has 0 N–H and O–H groups in total. The average molecular weight is 343 g/mol. The molecule has 1 aromatic heterocycles. The van der Waals surface area contributed by atoms with Gasteiger partial charge in [-0.25, -0.2) is 13.4 Å². The Hall–Kier alpha value is -1.47. The van der Waals surface area contributed by atoms with Crippen LogP contribution in [0.4, 0.5) is 0 Å². The molecule has 0 aliphatic heterocycles. The topological polar surface area (TPSA) is 69.2 Å². The van der Waals surface area contributed by atoms with Crippen LogP contribution in [0.25, 0.3) is 0 Å². The summed E-state index contributed by atoms with van der Waals surface area (Å²) in [5, 5.41) is 0. The van der Waals surface area contributed by atoms with Crippen molar-refractivity contribution < 1.29 is 13.2 Å². The Bertz CT molecular complexity index is 679. The standard InChI is InChI=1S/C12H11BrN2O3S/c1-8-14-11(13)7-12(15-8)18-9-3-5-10(6-4-9)19(2,16)17/h3-7H,1-2H3. The van der Waals surface area contributed by atoms with E-state index in [1.165, 1.54) is 12.1 Å². The van der Waals surface area contributed by atoms with Gasteiger partial charge in [-0.1, -0.05) is 0 Å². The maximum absolute atomic E-state index is 11.3. The molecule has 5 nitrogen and oxygen atoms in total. The summed E-state index contributed by atoms with van der Waals surface area (Å²) in [5.41, 5.74) is 0. The van der Waals surface area contributed by atoms with Gasteiger partial charge in [0.15, 0.2) is 9.84 Å². The molecule has 0 fully saturated rings. The number of ether oxygens (including phenoxy) is 1. The molecule has 1 heterocycles. The van der Waals surface area contributed by atoms with E-state index in [-0.39, 0.29) is 4.90 Å². The van der Waals surface area contributed by atoms with Crippen molar-refractivity contribution in [3.8, 4) is 11.6 Å². The third-order valence-corrected chi connectivity index (χ3v) is 3.79. The summed E-state index contributed by atoms with van der Waals surface area (Å²) in [6.07, 6.45) is 1.16. The van der Waals surface area contributed by atoms with Crippen LogP contribution in [-0.2, 0) is 9.84 Å². The fourth-order valence-electron chi connectivity index (χ4n) is 1.43. The van der Waals surface area contributed by atoms with Crippen LogP contribution in [0, 0.1) is 6.92 Å². The normalized spacial score (nSPS) is 11.3. The second kappa shape index (κ2) is 5.26. The summed E-state index contributed by atoms with van der Waals surface area (Å²) in [7, 11) is -3.19. The Morgan fingerprint density at radius 2 is 1.79 bits per heavy atom. The first-order valence-corrected chi connectivity index (χ1v) is 8.02. The number of rotatable bonds is 3. The van der Waals surface area contributed by atoms with Crippen LogP contribution in [0.5, 0.6) is 11.6 Å². The van der Waals surface area contributed by atoms with Gasteiger partial charge in [0, 0.05) is 12.3 Å². The van der Waals surface area contributed by atoms with E-state index in [0.29, 0.717) is 22.1 Å². The lowest BCUT2D eigenvalue weighted by atomic mass is 10.3. The summed E-state index contributed by atoms with van der Waals surface area (Å²) in [6, 6.07) is 7.79. The Balaban J connectivity index is 2.24. The summed E-state index contributed by atoms with van der Waals surface area (Å²) >= 11 is 3.25. The van der Waals surface area contributed by atoms with Crippen LogP contribution in [0.2, 0.25) is 0 Å². The maximum atomic E-state index is 11.3. The minimum absolute atomic E-state index is 0.250. The Morgan fingerprint density at radius 3 is 2.32 bits per heavy atom. The monoisotopic (exact) mass is 342 g/mol. The van der Waals surface area contributed by atoms with E-state index < -0.39 is 9.84 Å². The van der Waals surface area contributed by atoms with Crippen LogP contribution < -0.4 is 4.74 Å². The van der Waals surface area contributed by atoms with Crippen molar-refractivity contribution in [1.82, 2.24) is 9.97 Å². The molecule has 0 saturated heterocycles. The molecule has 0 spiro atoms. The molecule has 7 heteroatoms. The van der Waals surface area contributed by atoms with Crippen LogP contribution in [0.15, 0.2) is 39.8 Å². The molecule has 0 atom stereocenters. The quantitative estimate of drug-likeness (QED) is 0.802. The number of halogens is 1. The lowest BCUT2D eigenvalue weighted by Crippen LogP contribution is -1.97. The molecular formula is C12H11BrN2O3S. The van der Waals surface area contributed by atoms with Crippen molar-refractivity contribution >= 4 is 25.8 Å². The first kappa shape index (κ1) is 14.0. The largest absolute Gasteiger partial charge is 0.439 e. The Kier molecular flexibility index (Phi) is 3.86. The number of sulfone groups is 1. The average Bonchev–Trinajstić information content (AvgIpc) is 2.26. The number of aromatic nitrogens is 2. The maximum Gasteiger partial charge on any atom is 0.223 e. The molecular weight excluding hydrogens is 332 g/mol. The Morgan fingerprint density at radius 1 is 1.16 bits per heavy atom. The third kappa shape index (κ3) is 3.74. The molecule has 0 bridgehead atoms. The molecule has 2 rings (SSSR count).